The highest BCUT2D eigenvalue weighted by Crippen LogP contribution is 2.35. The maximum Gasteiger partial charge on any atom is 0.433 e. The maximum atomic E-state index is 13.8. The van der Waals surface area contributed by atoms with Crippen LogP contribution in [0.15, 0.2) is 54.6 Å². The van der Waals surface area contributed by atoms with Crippen molar-refractivity contribution in [2.75, 3.05) is 5.32 Å². The minimum atomic E-state index is -4.90. The van der Waals surface area contributed by atoms with Crippen LogP contribution in [0.3, 0.4) is 0 Å². The van der Waals surface area contributed by atoms with Crippen molar-refractivity contribution >= 4 is 40.4 Å². The van der Waals surface area contributed by atoms with Gasteiger partial charge in [-0.15, -0.1) is 0 Å². The molecular weight excluding hydrogens is 509 g/mol. The van der Waals surface area contributed by atoms with E-state index in [-0.39, 0.29) is 11.4 Å². The summed E-state index contributed by atoms with van der Waals surface area (Å²) in [6.45, 7) is 0. The third kappa shape index (κ3) is 4.66. The summed E-state index contributed by atoms with van der Waals surface area (Å²) in [5.41, 5.74) is -3.46. The molecule has 34 heavy (non-hydrogen) atoms. The van der Waals surface area contributed by atoms with E-state index in [2.05, 4.69) is 15.4 Å². The molecule has 4 aromatic rings. The molecule has 0 radical (unpaired) electrons. The third-order valence-corrected chi connectivity index (χ3v) is 5.23. The highest BCUT2D eigenvalue weighted by atomic mass is 35.5. The zero-order chi connectivity index (χ0) is 24.8. The zero-order valence-electron chi connectivity index (χ0n) is 16.5. The van der Waals surface area contributed by atoms with Crippen molar-refractivity contribution < 1.29 is 31.1 Å². The number of carbonyl (C=O) groups is 1. The molecule has 0 aliphatic carbocycles. The number of carbonyl (C=O) groups excluding carboxylic acids is 1. The number of benzene rings is 2. The average Bonchev–Trinajstić information content (AvgIpc) is 3.09. The van der Waals surface area contributed by atoms with E-state index in [1.807, 2.05) is 0 Å². The van der Waals surface area contributed by atoms with Gasteiger partial charge in [-0.3, -0.25) is 4.79 Å². The second kappa shape index (κ2) is 8.48. The average molecular weight is 519 g/mol. The Bertz CT molecular complexity index is 1400. The van der Waals surface area contributed by atoms with Crippen molar-refractivity contribution in [3.8, 4) is 11.3 Å². The Balaban J connectivity index is 1.80. The predicted molar refractivity (Wildman–Crippen MR) is 113 cm³/mol. The van der Waals surface area contributed by atoms with Crippen LogP contribution in [0.25, 0.3) is 16.9 Å². The highest BCUT2D eigenvalue weighted by Gasteiger charge is 2.37. The molecule has 1 amide bonds. The monoisotopic (exact) mass is 518 g/mol. The Kier molecular flexibility index (Phi) is 5.94. The summed E-state index contributed by atoms with van der Waals surface area (Å²) >= 11 is 12.0. The van der Waals surface area contributed by atoms with Gasteiger partial charge in [0.25, 0.3) is 5.91 Å². The summed E-state index contributed by atoms with van der Waals surface area (Å²) in [5.74, 6) is -1.11. The topological polar surface area (TPSA) is 59.3 Å². The smallest absolute Gasteiger partial charge is 0.321 e. The van der Waals surface area contributed by atoms with Crippen LogP contribution in [0.2, 0.25) is 10.0 Å². The van der Waals surface area contributed by atoms with Gasteiger partial charge in [-0.2, -0.15) is 31.4 Å². The Morgan fingerprint density at radius 2 is 1.59 bits per heavy atom. The quantitative estimate of drug-likeness (QED) is 0.297. The molecule has 1 N–H and O–H groups in total. The van der Waals surface area contributed by atoms with Gasteiger partial charge < -0.3 is 5.32 Å². The van der Waals surface area contributed by atoms with Crippen LogP contribution in [0.5, 0.6) is 0 Å². The maximum absolute atomic E-state index is 13.8. The molecule has 2 aromatic heterocycles. The molecule has 0 atom stereocenters. The zero-order valence-corrected chi connectivity index (χ0v) is 18.0. The van der Waals surface area contributed by atoms with E-state index in [1.165, 1.54) is 30.3 Å². The van der Waals surface area contributed by atoms with Crippen LogP contribution in [-0.2, 0) is 12.4 Å². The molecule has 4 rings (SSSR count). The number of nitrogens with zero attached hydrogens (tertiary/aromatic N) is 3. The molecule has 2 heterocycles. The molecular formula is C21H10Cl2F6N4O. The number of aromatic nitrogens is 3. The lowest BCUT2D eigenvalue weighted by atomic mass is 10.1. The molecule has 13 heteroatoms. The fraction of sp³-hybridized carbons (Fsp3) is 0.0952. The van der Waals surface area contributed by atoms with Crippen LogP contribution >= 0.6 is 23.2 Å². The van der Waals surface area contributed by atoms with Gasteiger partial charge in [-0.05, 0) is 36.4 Å². The lowest BCUT2D eigenvalue weighted by Crippen LogP contribution is -2.16. The molecule has 0 spiro atoms. The van der Waals surface area contributed by atoms with Gasteiger partial charge in [0.2, 0.25) is 0 Å². The van der Waals surface area contributed by atoms with Gasteiger partial charge in [-0.1, -0.05) is 41.4 Å². The minimum Gasteiger partial charge on any atom is -0.321 e. The summed E-state index contributed by atoms with van der Waals surface area (Å²) in [5, 5.41) is 5.65. The van der Waals surface area contributed by atoms with E-state index >= 15 is 0 Å². The molecule has 0 bridgehead atoms. The minimum absolute atomic E-state index is 0.108. The molecule has 0 fully saturated rings. The van der Waals surface area contributed by atoms with E-state index in [9.17, 15) is 31.1 Å². The van der Waals surface area contributed by atoms with E-state index in [0.717, 1.165) is 18.2 Å². The van der Waals surface area contributed by atoms with Crippen molar-refractivity contribution in [2.45, 2.75) is 12.4 Å². The van der Waals surface area contributed by atoms with E-state index in [1.54, 1.807) is 0 Å². The van der Waals surface area contributed by atoms with Crippen molar-refractivity contribution in [2.24, 2.45) is 0 Å². The molecule has 176 valence electrons. The molecule has 0 saturated carbocycles. The van der Waals surface area contributed by atoms with Crippen molar-refractivity contribution in [1.82, 2.24) is 14.6 Å². The summed E-state index contributed by atoms with van der Waals surface area (Å²) in [4.78, 5) is 16.7. The standard InChI is InChI=1S/C21H10Cl2F6N4O/c22-12-6-4-10(5-7-12)14-9-15(21(27,28)29)33-18(31-14)16(23)17(32-33)19(34)30-13-3-1-2-11(8-13)20(24,25)26/h1-9H,(H,30,34). The number of nitrogens with one attached hydrogen (secondary N) is 1. The molecule has 0 saturated heterocycles. The normalized spacial score (nSPS) is 12.2. The Labute approximate surface area is 196 Å². The number of rotatable bonds is 3. The molecule has 0 aliphatic heterocycles. The molecule has 0 aliphatic rings. The highest BCUT2D eigenvalue weighted by molar-refractivity contribution is 6.37. The Hall–Kier alpha value is -3.31. The lowest BCUT2D eigenvalue weighted by Gasteiger charge is -2.11. The van der Waals surface area contributed by atoms with Gasteiger partial charge in [-0.25, -0.2) is 9.50 Å². The fourth-order valence-corrected chi connectivity index (χ4v) is 3.44. The first-order chi connectivity index (χ1) is 15.8. The van der Waals surface area contributed by atoms with Gasteiger partial charge in [0.1, 0.15) is 5.02 Å². The predicted octanol–water partition coefficient (Wildman–Crippen LogP) is 6.99. The van der Waals surface area contributed by atoms with Crippen LogP contribution in [0.4, 0.5) is 32.0 Å². The van der Waals surface area contributed by atoms with E-state index in [0.29, 0.717) is 21.2 Å². The van der Waals surface area contributed by atoms with Crippen LogP contribution in [0.1, 0.15) is 21.7 Å². The first-order valence-corrected chi connectivity index (χ1v) is 10.0. The Morgan fingerprint density at radius 3 is 2.21 bits per heavy atom. The van der Waals surface area contributed by atoms with E-state index < -0.39 is 45.9 Å². The van der Waals surface area contributed by atoms with Crippen molar-refractivity contribution in [3.05, 3.63) is 81.6 Å². The van der Waals surface area contributed by atoms with Crippen LogP contribution < -0.4 is 5.32 Å². The first-order valence-electron chi connectivity index (χ1n) is 9.25. The first kappa shape index (κ1) is 23.8. The molecule has 0 unspecified atom stereocenters. The number of alkyl halides is 6. The number of anilines is 1. The number of fused-ring (bicyclic) bond motifs is 1. The number of hydrogen-bond acceptors (Lipinski definition) is 3. The number of amides is 1. The number of hydrogen-bond donors (Lipinski definition) is 1. The van der Waals surface area contributed by atoms with Gasteiger partial charge in [0.15, 0.2) is 17.0 Å². The number of halogens is 8. The summed E-state index contributed by atoms with van der Waals surface area (Å²) in [6, 6.07) is 10.3. The SMILES string of the molecule is O=C(Nc1cccc(C(F)(F)F)c1)c1nn2c(C(F)(F)F)cc(-c3ccc(Cl)cc3)nc2c1Cl. The van der Waals surface area contributed by atoms with Gasteiger partial charge in [0, 0.05) is 16.3 Å². The summed E-state index contributed by atoms with van der Waals surface area (Å²) in [7, 11) is 0. The lowest BCUT2D eigenvalue weighted by molar-refractivity contribution is -0.142. The summed E-state index contributed by atoms with van der Waals surface area (Å²) < 4.78 is 80.4. The van der Waals surface area contributed by atoms with Crippen LogP contribution in [-0.4, -0.2) is 20.5 Å². The molecule has 5 nitrogen and oxygen atoms in total. The second-order valence-corrected chi connectivity index (χ2v) is 7.78. The molecule has 2 aromatic carbocycles. The second-order valence-electron chi connectivity index (χ2n) is 6.96. The third-order valence-electron chi connectivity index (χ3n) is 4.63. The van der Waals surface area contributed by atoms with Gasteiger partial charge >= 0.3 is 12.4 Å². The summed E-state index contributed by atoms with van der Waals surface area (Å²) in [6.07, 6.45) is -9.56. The Morgan fingerprint density at radius 1 is 0.912 bits per heavy atom. The van der Waals surface area contributed by atoms with Gasteiger partial charge in [0.05, 0.1) is 11.3 Å². The fourth-order valence-electron chi connectivity index (χ4n) is 3.07. The van der Waals surface area contributed by atoms with Crippen molar-refractivity contribution in [3.63, 3.8) is 0 Å². The van der Waals surface area contributed by atoms with Crippen LogP contribution in [0, 0.1) is 0 Å². The van der Waals surface area contributed by atoms with E-state index in [4.69, 9.17) is 23.2 Å². The van der Waals surface area contributed by atoms with Crippen molar-refractivity contribution in [1.29, 1.82) is 0 Å². The largest absolute Gasteiger partial charge is 0.433 e.